The first kappa shape index (κ1) is 14.3. The van der Waals surface area contributed by atoms with Crippen molar-refractivity contribution in [1.82, 2.24) is 0 Å². The molecule has 108 valence electrons. The van der Waals surface area contributed by atoms with Gasteiger partial charge in [-0.05, 0) is 37.3 Å². The van der Waals surface area contributed by atoms with E-state index in [0.29, 0.717) is 18.7 Å². The van der Waals surface area contributed by atoms with Gasteiger partial charge in [0.05, 0.1) is 16.6 Å². The monoisotopic (exact) mass is 280 g/mol. The largest absolute Gasteiger partial charge is 0.478 e. The summed E-state index contributed by atoms with van der Waals surface area (Å²) in [6.45, 7) is 0.532. The summed E-state index contributed by atoms with van der Waals surface area (Å²) in [7, 11) is 0. The second-order valence-corrected chi connectivity index (χ2v) is 5.01. The van der Waals surface area contributed by atoms with Crippen molar-refractivity contribution in [3.63, 3.8) is 0 Å². The van der Waals surface area contributed by atoms with Crippen molar-refractivity contribution in [3.8, 4) is 0 Å². The maximum absolute atomic E-state index is 11.0. The minimum Gasteiger partial charge on any atom is -0.478 e. The summed E-state index contributed by atoms with van der Waals surface area (Å²) in [4.78, 5) is 21.2. The van der Waals surface area contributed by atoms with E-state index in [1.165, 1.54) is 12.1 Å². The predicted molar refractivity (Wildman–Crippen MR) is 71.9 cm³/mol. The summed E-state index contributed by atoms with van der Waals surface area (Å²) in [5.74, 6) is -0.915. The molecule has 1 aromatic rings. The fourth-order valence-corrected chi connectivity index (χ4v) is 2.45. The van der Waals surface area contributed by atoms with Gasteiger partial charge in [-0.25, -0.2) is 4.79 Å². The van der Waals surface area contributed by atoms with Crippen LogP contribution in [0.3, 0.4) is 0 Å². The number of aliphatic hydroxyl groups is 1. The molecule has 0 saturated heterocycles. The van der Waals surface area contributed by atoms with E-state index in [-0.39, 0.29) is 23.3 Å². The smallest absolute Gasteiger partial charge is 0.335 e. The van der Waals surface area contributed by atoms with Gasteiger partial charge in [-0.2, -0.15) is 0 Å². The number of anilines is 1. The summed E-state index contributed by atoms with van der Waals surface area (Å²) in [6.07, 6.45) is 2.04. The number of benzene rings is 1. The predicted octanol–water partition coefficient (Wildman–Crippen LogP) is 1.87. The highest BCUT2D eigenvalue weighted by Crippen LogP contribution is 2.29. The molecule has 1 saturated carbocycles. The van der Waals surface area contributed by atoms with Crippen LogP contribution in [0.25, 0.3) is 0 Å². The second-order valence-electron chi connectivity index (χ2n) is 5.01. The van der Waals surface area contributed by atoms with Gasteiger partial charge in [-0.1, -0.05) is 0 Å². The van der Waals surface area contributed by atoms with Crippen molar-refractivity contribution < 1.29 is 19.9 Å². The number of aliphatic hydroxyl groups excluding tert-OH is 1. The third-order valence-corrected chi connectivity index (χ3v) is 3.54. The number of carboxylic acids is 1. The Labute approximate surface area is 115 Å². The molecular formula is C13H16N2O5. The number of carbonyl (C=O) groups is 1. The van der Waals surface area contributed by atoms with Gasteiger partial charge in [0.15, 0.2) is 0 Å². The van der Waals surface area contributed by atoms with E-state index in [2.05, 4.69) is 5.32 Å². The van der Waals surface area contributed by atoms with Crippen molar-refractivity contribution in [2.75, 3.05) is 11.9 Å². The topological polar surface area (TPSA) is 113 Å². The van der Waals surface area contributed by atoms with Gasteiger partial charge in [-0.3, -0.25) is 10.1 Å². The van der Waals surface area contributed by atoms with Gasteiger partial charge in [0.2, 0.25) is 0 Å². The third kappa shape index (κ3) is 3.24. The van der Waals surface area contributed by atoms with Crippen LogP contribution >= 0.6 is 0 Å². The van der Waals surface area contributed by atoms with Crippen molar-refractivity contribution in [2.45, 2.75) is 25.4 Å². The molecule has 0 amide bonds. The van der Waals surface area contributed by atoms with Gasteiger partial charge >= 0.3 is 5.97 Å². The second kappa shape index (κ2) is 5.87. The molecule has 0 aliphatic heterocycles. The summed E-state index contributed by atoms with van der Waals surface area (Å²) < 4.78 is 0. The van der Waals surface area contributed by atoms with Crippen LogP contribution in [0.5, 0.6) is 0 Å². The van der Waals surface area contributed by atoms with E-state index in [9.17, 15) is 20.0 Å². The number of hydrogen-bond donors (Lipinski definition) is 3. The fourth-order valence-electron chi connectivity index (χ4n) is 2.45. The van der Waals surface area contributed by atoms with Crippen molar-refractivity contribution in [2.24, 2.45) is 5.92 Å². The maximum Gasteiger partial charge on any atom is 0.335 e. The standard InChI is InChI=1S/C13H16N2O5/c16-10-3-1-8(5-10)7-14-11-4-2-9(13(17)18)6-12(11)15(19)20/h2,4,6,8,10,14,16H,1,3,5,7H2,(H,17,18). The van der Waals surface area contributed by atoms with Crippen LogP contribution in [-0.2, 0) is 0 Å². The molecule has 20 heavy (non-hydrogen) atoms. The van der Waals surface area contributed by atoms with E-state index in [1.807, 2.05) is 0 Å². The van der Waals surface area contributed by atoms with Gasteiger partial charge in [-0.15, -0.1) is 0 Å². The van der Waals surface area contributed by atoms with Crippen molar-refractivity contribution in [3.05, 3.63) is 33.9 Å². The Morgan fingerprint density at radius 2 is 2.20 bits per heavy atom. The van der Waals surface area contributed by atoms with E-state index in [0.717, 1.165) is 18.9 Å². The average molecular weight is 280 g/mol. The number of nitro groups is 1. The lowest BCUT2D eigenvalue weighted by Gasteiger charge is -2.12. The highest BCUT2D eigenvalue weighted by atomic mass is 16.6. The number of hydrogen-bond acceptors (Lipinski definition) is 5. The zero-order valence-electron chi connectivity index (χ0n) is 10.8. The normalized spacial score (nSPS) is 21.6. The summed E-state index contributed by atoms with van der Waals surface area (Å²) >= 11 is 0. The molecule has 2 atom stereocenters. The lowest BCUT2D eigenvalue weighted by atomic mass is 10.1. The van der Waals surface area contributed by atoms with Gasteiger partial charge in [0, 0.05) is 12.6 Å². The lowest BCUT2D eigenvalue weighted by molar-refractivity contribution is -0.384. The van der Waals surface area contributed by atoms with Crippen LogP contribution in [0, 0.1) is 16.0 Å². The molecule has 0 radical (unpaired) electrons. The number of rotatable bonds is 5. The average Bonchev–Trinajstić information content (AvgIpc) is 2.81. The van der Waals surface area contributed by atoms with E-state index >= 15 is 0 Å². The number of nitrogens with one attached hydrogen (secondary N) is 1. The van der Waals surface area contributed by atoms with Crippen LogP contribution in [0.2, 0.25) is 0 Å². The minimum atomic E-state index is -1.20. The summed E-state index contributed by atoms with van der Waals surface area (Å²) in [6, 6.07) is 3.79. The Bertz CT molecular complexity index is 531. The number of nitrogens with zero attached hydrogens (tertiary/aromatic N) is 1. The first-order valence-electron chi connectivity index (χ1n) is 6.41. The molecule has 7 nitrogen and oxygen atoms in total. The van der Waals surface area contributed by atoms with Gasteiger partial charge in [0.1, 0.15) is 5.69 Å². The molecule has 0 spiro atoms. The van der Waals surface area contributed by atoms with Gasteiger partial charge in [0.25, 0.3) is 5.69 Å². The first-order chi connectivity index (χ1) is 9.47. The SMILES string of the molecule is O=C(O)c1ccc(NCC2CCC(O)C2)c([N+](=O)[O-])c1. The number of carboxylic acid groups (broad SMARTS) is 1. The number of aromatic carboxylic acids is 1. The van der Waals surface area contributed by atoms with Gasteiger partial charge < -0.3 is 15.5 Å². The highest BCUT2D eigenvalue weighted by molar-refractivity contribution is 5.89. The zero-order chi connectivity index (χ0) is 14.7. The quantitative estimate of drug-likeness (QED) is 0.560. The molecule has 0 bridgehead atoms. The molecule has 1 aliphatic carbocycles. The Morgan fingerprint density at radius 1 is 1.45 bits per heavy atom. The van der Waals surface area contributed by atoms with Crippen molar-refractivity contribution >= 4 is 17.3 Å². The minimum absolute atomic E-state index is 0.112. The van der Waals surface area contributed by atoms with Crippen LogP contribution in [0.4, 0.5) is 11.4 Å². The summed E-state index contributed by atoms with van der Waals surface area (Å²) in [5.41, 5.74) is -0.0524. The molecule has 2 unspecified atom stereocenters. The third-order valence-electron chi connectivity index (χ3n) is 3.54. The first-order valence-corrected chi connectivity index (χ1v) is 6.41. The Balaban J connectivity index is 2.10. The van der Waals surface area contributed by atoms with E-state index < -0.39 is 10.9 Å². The Kier molecular flexibility index (Phi) is 4.19. The fraction of sp³-hybridized carbons (Fsp3) is 0.462. The summed E-state index contributed by atoms with van der Waals surface area (Å²) in [5, 5.41) is 32.2. The highest BCUT2D eigenvalue weighted by Gasteiger charge is 2.24. The molecule has 0 heterocycles. The van der Waals surface area contributed by atoms with E-state index in [1.54, 1.807) is 0 Å². The van der Waals surface area contributed by atoms with Crippen LogP contribution < -0.4 is 5.32 Å². The van der Waals surface area contributed by atoms with E-state index in [4.69, 9.17) is 5.11 Å². The lowest BCUT2D eigenvalue weighted by Crippen LogP contribution is -2.13. The molecule has 2 rings (SSSR count). The molecular weight excluding hydrogens is 264 g/mol. The molecule has 1 fully saturated rings. The Hall–Kier alpha value is -2.15. The molecule has 7 heteroatoms. The molecule has 1 aliphatic rings. The molecule has 1 aromatic carbocycles. The Morgan fingerprint density at radius 3 is 2.75 bits per heavy atom. The molecule has 0 aromatic heterocycles. The maximum atomic E-state index is 11.0. The molecule has 3 N–H and O–H groups in total. The van der Waals surface area contributed by atoms with Crippen LogP contribution in [0.15, 0.2) is 18.2 Å². The number of nitro benzene ring substituents is 1. The van der Waals surface area contributed by atoms with Crippen LogP contribution in [0.1, 0.15) is 29.6 Å². The zero-order valence-corrected chi connectivity index (χ0v) is 10.8. The van der Waals surface area contributed by atoms with Crippen molar-refractivity contribution in [1.29, 1.82) is 0 Å². The van der Waals surface area contributed by atoms with Crippen LogP contribution in [-0.4, -0.2) is 33.8 Å².